The van der Waals surface area contributed by atoms with Crippen LogP contribution >= 0.6 is 11.6 Å². The second-order valence-electron chi connectivity index (χ2n) is 8.37. The number of methoxy groups -OCH3 is 1. The molecule has 3 aromatic rings. The van der Waals surface area contributed by atoms with Gasteiger partial charge in [-0.2, -0.15) is 0 Å². The van der Waals surface area contributed by atoms with Gasteiger partial charge in [0.2, 0.25) is 11.8 Å². The lowest BCUT2D eigenvalue weighted by molar-refractivity contribution is -0.139. The summed E-state index contributed by atoms with van der Waals surface area (Å²) >= 11 is 6.32. The summed E-state index contributed by atoms with van der Waals surface area (Å²) in [5.41, 5.74) is 1.54. The summed E-state index contributed by atoms with van der Waals surface area (Å²) < 4.78 is 33.8. The van der Waals surface area contributed by atoms with Crippen molar-refractivity contribution in [3.63, 3.8) is 0 Å². The largest absolute Gasteiger partial charge is 0.497 e. The van der Waals surface area contributed by atoms with E-state index in [1.54, 1.807) is 81.6 Å². The molecule has 0 bridgehead atoms. The van der Waals surface area contributed by atoms with Gasteiger partial charge in [0, 0.05) is 18.6 Å². The van der Waals surface area contributed by atoms with E-state index >= 15 is 0 Å². The van der Waals surface area contributed by atoms with Gasteiger partial charge in [0.1, 0.15) is 18.3 Å². The lowest BCUT2D eigenvalue weighted by Gasteiger charge is -2.32. The Balaban J connectivity index is 2.05. The zero-order valence-electron chi connectivity index (χ0n) is 21.1. The Bertz CT molecular complexity index is 1350. The third kappa shape index (κ3) is 6.42. The zero-order valence-corrected chi connectivity index (χ0v) is 22.7. The highest BCUT2D eigenvalue weighted by Gasteiger charge is 2.33. The van der Waals surface area contributed by atoms with Gasteiger partial charge in [-0.15, -0.1) is 0 Å². The summed E-state index contributed by atoms with van der Waals surface area (Å²) in [5, 5.41) is 2.93. The van der Waals surface area contributed by atoms with Crippen molar-refractivity contribution in [2.45, 2.75) is 31.3 Å². The molecule has 8 nitrogen and oxygen atoms in total. The first-order valence-corrected chi connectivity index (χ1v) is 13.4. The maximum Gasteiger partial charge on any atom is 0.264 e. The van der Waals surface area contributed by atoms with Crippen LogP contribution in [0.25, 0.3) is 0 Å². The standard InChI is InChI=1S/C27H30ClN3O5S/c1-19-24(28)11-8-12-25(19)31(37(34,35)23-9-6-5-7-10-23)18-26(32)30(20(2)27(33)29-3)17-21-13-15-22(36-4)16-14-21/h5-16,20H,17-18H2,1-4H3,(H,29,33). The van der Waals surface area contributed by atoms with Crippen molar-refractivity contribution in [2.75, 3.05) is 25.0 Å². The molecule has 37 heavy (non-hydrogen) atoms. The molecule has 0 heterocycles. The summed E-state index contributed by atoms with van der Waals surface area (Å²) in [6.07, 6.45) is 0. The van der Waals surface area contributed by atoms with Crippen molar-refractivity contribution in [1.29, 1.82) is 0 Å². The molecule has 0 saturated carbocycles. The SMILES string of the molecule is CNC(=O)C(C)N(Cc1ccc(OC)cc1)C(=O)CN(c1cccc(Cl)c1C)S(=O)(=O)c1ccccc1. The number of sulfonamides is 1. The number of nitrogens with one attached hydrogen (secondary N) is 1. The summed E-state index contributed by atoms with van der Waals surface area (Å²) in [5.74, 6) is -0.276. The Morgan fingerprint density at radius 2 is 1.65 bits per heavy atom. The molecule has 1 unspecified atom stereocenters. The minimum absolute atomic E-state index is 0.0308. The molecule has 1 atom stereocenters. The Hall–Kier alpha value is -3.56. The molecule has 196 valence electrons. The number of carbonyl (C=O) groups excluding carboxylic acids is 2. The zero-order chi connectivity index (χ0) is 27.2. The number of hydrogen-bond acceptors (Lipinski definition) is 5. The van der Waals surface area contributed by atoms with Crippen LogP contribution in [0.4, 0.5) is 5.69 Å². The fourth-order valence-electron chi connectivity index (χ4n) is 3.82. The Morgan fingerprint density at radius 3 is 2.24 bits per heavy atom. The highest BCUT2D eigenvalue weighted by atomic mass is 35.5. The predicted octanol–water partition coefficient (Wildman–Crippen LogP) is 4.02. The molecule has 0 aliphatic carbocycles. The first kappa shape index (κ1) is 28.0. The lowest BCUT2D eigenvalue weighted by Crippen LogP contribution is -2.50. The molecule has 10 heteroatoms. The van der Waals surface area contributed by atoms with E-state index in [9.17, 15) is 18.0 Å². The lowest BCUT2D eigenvalue weighted by atomic mass is 10.1. The summed E-state index contributed by atoms with van der Waals surface area (Å²) in [6, 6.07) is 19.0. The first-order valence-electron chi connectivity index (χ1n) is 11.6. The monoisotopic (exact) mass is 543 g/mol. The smallest absolute Gasteiger partial charge is 0.264 e. The molecule has 0 aliphatic rings. The number of nitrogens with zero attached hydrogens (tertiary/aromatic N) is 2. The molecular formula is C27H30ClN3O5S. The van der Waals surface area contributed by atoms with Gasteiger partial charge in [-0.1, -0.05) is 48.0 Å². The van der Waals surface area contributed by atoms with E-state index in [-0.39, 0.29) is 23.0 Å². The van der Waals surface area contributed by atoms with Crippen LogP contribution in [0.15, 0.2) is 77.7 Å². The van der Waals surface area contributed by atoms with E-state index in [1.807, 2.05) is 0 Å². The number of benzene rings is 3. The van der Waals surface area contributed by atoms with E-state index < -0.39 is 28.5 Å². The second-order valence-corrected chi connectivity index (χ2v) is 10.6. The maximum atomic E-state index is 13.8. The minimum Gasteiger partial charge on any atom is -0.497 e. The third-order valence-electron chi connectivity index (χ3n) is 6.04. The molecule has 0 aliphatic heterocycles. The van der Waals surface area contributed by atoms with Crippen LogP contribution in [-0.2, 0) is 26.2 Å². The van der Waals surface area contributed by atoms with Crippen LogP contribution < -0.4 is 14.4 Å². The van der Waals surface area contributed by atoms with E-state index in [1.165, 1.54) is 24.1 Å². The molecule has 3 rings (SSSR count). The number of ether oxygens (including phenoxy) is 1. The first-order chi connectivity index (χ1) is 17.6. The highest BCUT2D eigenvalue weighted by molar-refractivity contribution is 7.92. The van der Waals surface area contributed by atoms with Gasteiger partial charge < -0.3 is 15.0 Å². The summed E-state index contributed by atoms with van der Waals surface area (Å²) in [4.78, 5) is 27.7. The normalized spacial score (nSPS) is 11.9. The molecule has 2 amide bonds. The van der Waals surface area contributed by atoms with Crippen molar-refractivity contribution in [3.05, 3.63) is 88.9 Å². The quantitative estimate of drug-likeness (QED) is 0.417. The summed E-state index contributed by atoms with van der Waals surface area (Å²) in [6.45, 7) is 2.85. The fourth-order valence-corrected chi connectivity index (χ4v) is 5.48. The van der Waals surface area contributed by atoms with Crippen molar-refractivity contribution < 1.29 is 22.7 Å². The number of amides is 2. The number of carbonyl (C=O) groups is 2. The maximum absolute atomic E-state index is 13.8. The van der Waals surface area contributed by atoms with E-state index in [4.69, 9.17) is 16.3 Å². The number of hydrogen-bond donors (Lipinski definition) is 1. The van der Waals surface area contributed by atoms with Crippen molar-refractivity contribution >= 4 is 39.1 Å². The van der Waals surface area contributed by atoms with Crippen LogP contribution in [-0.4, -0.2) is 51.9 Å². The third-order valence-corrected chi connectivity index (χ3v) is 8.23. The average molecular weight is 544 g/mol. The topological polar surface area (TPSA) is 96.0 Å². The molecular weight excluding hydrogens is 514 g/mol. The van der Waals surface area contributed by atoms with E-state index in [2.05, 4.69) is 5.32 Å². The van der Waals surface area contributed by atoms with Gasteiger partial charge in [0.25, 0.3) is 10.0 Å². The molecule has 0 radical (unpaired) electrons. The van der Waals surface area contributed by atoms with Gasteiger partial charge >= 0.3 is 0 Å². The van der Waals surface area contributed by atoms with Crippen LogP contribution in [0.5, 0.6) is 5.75 Å². The van der Waals surface area contributed by atoms with Crippen LogP contribution in [0.2, 0.25) is 5.02 Å². The Labute approximate surface area is 222 Å². The average Bonchev–Trinajstić information content (AvgIpc) is 2.91. The Kier molecular flexibility index (Phi) is 9.18. The van der Waals surface area contributed by atoms with Crippen molar-refractivity contribution in [3.8, 4) is 5.75 Å². The predicted molar refractivity (Wildman–Crippen MR) is 144 cm³/mol. The second kappa shape index (κ2) is 12.1. The minimum atomic E-state index is -4.15. The van der Waals surface area contributed by atoms with Gasteiger partial charge in [0.15, 0.2) is 0 Å². The molecule has 0 spiro atoms. The Morgan fingerprint density at radius 1 is 1.00 bits per heavy atom. The van der Waals surface area contributed by atoms with Crippen LogP contribution in [0.3, 0.4) is 0 Å². The van der Waals surface area contributed by atoms with Crippen molar-refractivity contribution in [2.24, 2.45) is 0 Å². The fraction of sp³-hybridized carbons (Fsp3) is 0.259. The molecule has 1 N–H and O–H groups in total. The highest BCUT2D eigenvalue weighted by Crippen LogP contribution is 2.31. The number of rotatable bonds is 10. The van der Waals surface area contributed by atoms with Gasteiger partial charge in [-0.05, 0) is 61.4 Å². The van der Waals surface area contributed by atoms with E-state index in [0.29, 0.717) is 16.3 Å². The van der Waals surface area contributed by atoms with Crippen molar-refractivity contribution in [1.82, 2.24) is 10.2 Å². The van der Waals surface area contributed by atoms with E-state index in [0.717, 1.165) is 9.87 Å². The number of halogens is 1. The molecule has 0 saturated heterocycles. The van der Waals surface area contributed by atoms with Gasteiger partial charge in [-0.3, -0.25) is 13.9 Å². The van der Waals surface area contributed by atoms with Gasteiger partial charge in [0.05, 0.1) is 17.7 Å². The van der Waals surface area contributed by atoms with Gasteiger partial charge in [-0.25, -0.2) is 8.42 Å². The number of likely N-dealkylation sites (N-methyl/N-ethyl adjacent to an activating group) is 1. The summed E-state index contributed by atoms with van der Waals surface area (Å²) in [7, 11) is -1.11. The van der Waals surface area contributed by atoms with Crippen LogP contribution in [0.1, 0.15) is 18.1 Å². The molecule has 3 aromatic carbocycles. The van der Waals surface area contributed by atoms with Crippen LogP contribution in [0, 0.1) is 6.92 Å². The molecule has 0 aromatic heterocycles. The number of anilines is 1. The molecule has 0 fully saturated rings.